The third-order valence-electron chi connectivity index (χ3n) is 4.59. The van der Waals surface area contributed by atoms with Gasteiger partial charge in [-0.3, -0.25) is 0 Å². The second-order valence-corrected chi connectivity index (χ2v) is 6.65. The summed E-state index contributed by atoms with van der Waals surface area (Å²) in [6.45, 7) is 0. The number of nitrogens with one attached hydrogen (secondary N) is 1. The van der Waals surface area contributed by atoms with E-state index in [0.29, 0.717) is 27.3 Å². The Hall–Kier alpha value is -3.94. The van der Waals surface area contributed by atoms with Crippen LogP contribution in [0, 0.1) is 0 Å². The van der Waals surface area contributed by atoms with Gasteiger partial charge < -0.3 is 21.5 Å². The predicted molar refractivity (Wildman–Crippen MR) is 113 cm³/mol. The number of anilines is 1. The van der Waals surface area contributed by atoms with Gasteiger partial charge in [-0.05, 0) is 35.9 Å². The van der Waals surface area contributed by atoms with Gasteiger partial charge in [0.15, 0.2) is 0 Å². The smallest absolute Gasteiger partial charge is 0.416 e. The van der Waals surface area contributed by atoms with E-state index in [2.05, 4.69) is 10.1 Å². The van der Waals surface area contributed by atoms with Gasteiger partial charge in [0.25, 0.3) is 0 Å². The highest BCUT2D eigenvalue weighted by atomic mass is 19.4. The van der Waals surface area contributed by atoms with E-state index in [1.54, 1.807) is 48.5 Å². The summed E-state index contributed by atoms with van der Waals surface area (Å²) in [6, 6.07) is 18.3. The van der Waals surface area contributed by atoms with Crippen LogP contribution in [0.15, 0.2) is 72.8 Å². The zero-order chi connectivity index (χ0) is 22.6. The maximum atomic E-state index is 13.0. The van der Waals surface area contributed by atoms with Crippen LogP contribution in [0.3, 0.4) is 0 Å². The summed E-state index contributed by atoms with van der Waals surface area (Å²) in [5, 5.41) is 3.92. The summed E-state index contributed by atoms with van der Waals surface area (Å²) < 4.78 is 43.6. The van der Waals surface area contributed by atoms with E-state index in [1.807, 2.05) is 0 Å². The van der Waals surface area contributed by atoms with E-state index >= 15 is 0 Å². The van der Waals surface area contributed by atoms with Crippen LogP contribution in [0.1, 0.15) is 21.5 Å². The van der Waals surface area contributed by atoms with Crippen molar-refractivity contribution in [3.05, 3.63) is 99.9 Å². The van der Waals surface area contributed by atoms with Crippen molar-refractivity contribution in [2.45, 2.75) is 6.18 Å². The molecule has 0 spiro atoms. The highest BCUT2D eigenvalue weighted by molar-refractivity contribution is 5.89. The molecule has 0 aliphatic carbocycles. The van der Waals surface area contributed by atoms with Gasteiger partial charge in [-0.2, -0.15) is 13.2 Å². The number of ether oxygens (including phenoxy) is 1. The summed E-state index contributed by atoms with van der Waals surface area (Å²) >= 11 is 0. The molecule has 0 heterocycles. The number of hydrogen-bond donors (Lipinski definition) is 3. The highest BCUT2D eigenvalue weighted by Crippen LogP contribution is 2.30. The van der Waals surface area contributed by atoms with Gasteiger partial charge in [-0.15, -0.1) is 0 Å². The Kier molecular flexibility index (Phi) is 6.20. The number of hydrogen-bond acceptors (Lipinski definition) is 5. The number of nitrogens with two attached hydrogens (primary N) is 2. The van der Waals surface area contributed by atoms with Crippen LogP contribution in [0.5, 0.6) is 0 Å². The molecule has 3 aromatic carbocycles. The maximum absolute atomic E-state index is 13.0. The molecule has 0 unspecified atom stereocenters. The van der Waals surface area contributed by atoms with Gasteiger partial charge >= 0.3 is 12.1 Å². The van der Waals surface area contributed by atoms with Gasteiger partial charge in [0.2, 0.25) is 0 Å². The van der Waals surface area contributed by atoms with Gasteiger partial charge in [0.05, 0.1) is 18.2 Å². The topological polar surface area (TPSA) is 90.4 Å². The molecule has 0 saturated heterocycles. The van der Waals surface area contributed by atoms with E-state index < -0.39 is 17.7 Å². The van der Waals surface area contributed by atoms with Crippen LogP contribution in [-0.4, -0.2) is 13.1 Å². The summed E-state index contributed by atoms with van der Waals surface area (Å²) in [4.78, 5) is 11.6. The standard InChI is InChI=1S/C23H20F3N3O2/c1-31-22(30)15-11-9-14(10-12-15)20(27)18-7-2-3-8-19(18)21(28)29-17-6-4-5-16(13-17)23(24,25)26/h2-13,29H,27-28H2,1H3/b20-18-,21-19+. The minimum atomic E-state index is -4.46. The molecular weight excluding hydrogens is 407 g/mol. The lowest BCUT2D eigenvalue weighted by atomic mass is 10.1. The van der Waals surface area contributed by atoms with Crippen molar-refractivity contribution in [3.63, 3.8) is 0 Å². The molecule has 0 fully saturated rings. The summed E-state index contributed by atoms with van der Waals surface area (Å²) in [7, 11) is 1.29. The van der Waals surface area contributed by atoms with Gasteiger partial charge in [0, 0.05) is 21.8 Å². The average Bonchev–Trinajstić information content (AvgIpc) is 2.77. The first-order valence-electron chi connectivity index (χ1n) is 9.18. The number of methoxy groups -OCH3 is 1. The van der Waals surface area contributed by atoms with E-state index in [0.717, 1.165) is 12.1 Å². The number of rotatable bonds is 4. The first kappa shape index (κ1) is 21.8. The van der Waals surface area contributed by atoms with Crippen molar-refractivity contribution in [1.82, 2.24) is 0 Å². The Morgan fingerprint density at radius 2 is 1.48 bits per heavy atom. The first-order chi connectivity index (χ1) is 14.7. The second-order valence-electron chi connectivity index (χ2n) is 6.65. The number of benzene rings is 3. The molecule has 0 amide bonds. The zero-order valence-corrected chi connectivity index (χ0v) is 16.5. The molecule has 5 nitrogen and oxygen atoms in total. The molecule has 0 aliphatic heterocycles. The van der Waals surface area contributed by atoms with Crippen LogP contribution in [0.2, 0.25) is 0 Å². The Morgan fingerprint density at radius 3 is 2.10 bits per heavy atom. The monoisotopic (exact) mass is 427 g/mol. The summed E-state index contributed by atoms with van der Waals surface area (Å²) in [6.07, 6.45) is -4.46. The number of carbonyl (C=O) groups excluding carboxylic acids is 1. The van der Waals surface area contributed by atoms with Crippen molar-refractivity contribution >= 4 is 23.2 Å². The highest BCUT2D eigenvalue weighted by Gasteiger charge is 2.30. The lowest BCUT2D eigenvalue weighted by Crippen LogP contribution is -2.35. The van der Waals surface area contributed by atoms with Gasteiger partial charge in [-0.25, -0.2) is 4.79 Å². The lowest BCUT2D eigenvalue weighted by molar-refractivity contribution is -0.137. The molecule has 5 N–H and O–H groups in total. The molecule has 3 rings (SSSR count). The third kappa shape index (κ3) is 4.98. The molecule has 160 valence electrons. The largest absolute Gasteiger partial charge is 0.465 e. The van der Waals surface area contributed by atoms with E-state index in [9.17, 15) is 18.0 Å². The zero-order valence-electron chi connectivity index (χ0n) is 16.5. The fraction of sp³-hybridized carbons (Fsp3) is 0.0870. The molecule has 0 bridgehead atoms. The minimum Gasteiger partial charge on any atom is -0.465 e. The van der Waals surface area contributed by atoms with E-state index in [4.69, 9.17) is 11.5 Å². The minimum absolute atomic E-state index is 0.143. The summed E-state index contributed by atoms with van der Waals surface area (Å²) in [5.74, 6) is -0.322. The van der Waals surface area contributed by atoms with Crippen LogP contribution >= 0.6 is 0 Å². The van der Waals surface area contributed by atoms with Crippen molar-refractivity contribution in [2.75, 3.05) is 12.4 Å². The Bertz CT molecular complexity index is 1220. The predicted octanol–water partition coefficient (Wildman–Crippen LogP) is 2.74. The van der Waals surface area contributed by atoms with Crippen molar-refractivity contribution in [1.29, 1.82) is 0 Å². The van der Waals surface area contributed by atoms with Crippen LogP contribution in [-0.2, 0) is 10.9 Å². The molecule has 8 heteroatoms. The van der Waals surface area contributed by atoms with Crippen molar-refractivity contribution in [2.24, 2.45) is 11.5 Å². The third-order valence-corrected chi connectivity index (χ3v) is 4.59. The summed E-state index contributed by atoms with van der Waals surface area (Å²) in [5.41, 5.74) is 13.4. The van der Waals surface area contributed by atoms with Crippen LogP contribution in [0.4, 0.5) is 18.9 Å². The SMILES string of the molecule is COC(=O)c1ccc(/C(N)=c2\cccc\c2=C(\N)Nc2cccc(C(F)(F)F)c2)cc1. The van der Waals surface area contributed by atoms with Crippen molar-refractivity contribution in [3.8, 4) is 0 Å². The average molecular weight is 427 g/mol. The van der Waals surface area contributed by atoms with Gasteiger partial charge in [0.1, 0.15) is 5.82 Å². The quantitative estimate of drug-likeness (QED) is 0.557. The molecule has 0 saturated carbocycles. The molecule has 0 atom stereocenters. The van der Waals surface area contributed by atoms with Crippen LogP contribution < -0.4 is 27.2 Å². The van der Waals surface area contributed by atoms with E-state index in [1.165, 1.54) is 19.2 Å². The van der Waals surface area contributed by atoms with Crippen molar-refractivity contribution < 1.29 is 22.7 Å². The Morgan fingerprint density at radius 1 is 0.871 bits per heavy atom. The molecule has 31 heavy (non-hydrogen) atoms. The molecule has 0 radical (unpaired) electrons. The molecule has 0 aliphatic rings. The number of halogens is 3. The fourth-order valence-electron chi connectivity index (χ4n) is 3.01. The first-order valence-corrected chi connectivity index (χ1v) is 9.18. The lowest BCUT2D eigenvalue weighted by Gasteiger charge is -2.11. The Labute approximate surface area is 176 Å². The Balaban J connectivity index is 2.06. The molecular formula is C23H20F3N3O2. The molecule has 3 aromatic rings. The van der Waals surface area contributed by atoms with Gasteiger partial charge in [-0.1, -0.05) is 42.5 Å². The maximum Gasteiger partial charge on any atom is 0.416 e. The van der Waals surface area contributed by atoms with E-state index in [-0.39, 0.29) is 11.5 Å². The number of carbonyl (C=O) groups is 1. The number of alkyl halides is 3. The number of esters is 1. The second kappa shape index (κ2) is 8.83. The fourth-order valence-corrected chi connectivity index (χ4v) is 3.01. The van der Waals surface area contributed by atoms with Crippen LogP contribution in [0.25, 0.3) is 11.5 Å². The molecule has 0 aromatic heterocycles. The normalized spacial score (nSPS) is 13.3.